The van der Waals surface area contributed by atoms with E-state index >= 15 is 0 Å². The molecule has 2 aliphatic heterocycles. The highest BCUT2D eigenvalue weighted by atomic mass is 32.1. The Morgan fingerprint density at radius 3 is 3.00 bits per heavy atom. The average molecular weight is 346 g/mol. The third-order valence-electron chi connectivity index (χ3n) is 4.83. The molecule has 2 aliphatic rings. The van der Waals surface area contributed by atoms with Gasteiger partial charge in [-0.25, -0.2) is 4.98 Å². The van der Waals surface area contributed by atoms with Crippen molar-refractivity contribution >= 4 is 39.2 Å². The van der Waals surface area contributed by atoms with Crippen LogP contribution in [-0.4, -0.2) is 61.7 Å². The zero-order valence-electron chi connectivity index (χ0n) is 14.0. The molecule has 0 aliphatic carbocycles. The van der Waals surface area contributed by atoms with Gasteiger partial charge < -0.3 is 20.4 Å². The Kier molecular flexibility index (Phi) is 4.01. The minimum absolute atomic E-state index is 0.0570. The fraction of sp³-hybridized carbons (Fsp3) is 0.562. The molecule has 1 unspecified atom stereocenters. The molecular weight excluding hydrogens is 324 g/mol. The van der Waals surface area contributed by atoms with Gasteiger partial charge in [0, 0.05) is 45.8 Å². The van der Waals surface area contributed by atoms with Crippen LogP contribution in [0, 0.1) is 5.92 Å². The maximum atomic E-state index is 11.8. The lowest BCUT2D eigenvalue weighted by molar-refractivity contribution is -0.125. The van der Waals surface area contributed by atoms with Crippen molar-refractivity contribution in [1.82, 2.24) is 20.6 Å². The number of anilines is 2. The van der Waals surface area contributed by atoms with Gasteiger partial charge in [-0.05, 0) is 18.4 Å². The molecular formula is C16H22N6OS. The normalized spacial score (nSPS) is 21.8. The van der Waals surface area contributed by atoms with Gasteiger partial charge in [0.05, 0.1) is 16.1 Å². The number of hydrogen-bond acceptors (Lipinski definition) is 7. The first-order valence-electron chi connectivity index (χ1n) is 8.36. The number of carbonyl (C=O) groups is 1. The number of carbonyl (C=O) groups excluding carboxylic acids is 1. The van der Waals surface area contributed by atoms with Crippen LogP contribution < -0.4 is 20.4 Å². The van der Waals surface area contributed by atoms with Crippen molar-refractivity contribution in [2.45, 2.75) is 13.0 Å². The van der Waals surface area contributed by atoms with Gasteiger partial charge in [-0.3, -0.25) is 4.79 Å². The van der Waals surface area contributed by atoms with Gasteiger partial charge in [0.1, 0.15) is 0 Å². The van der Waals surface area contributed by atoms with E-state index in [2.05, 4.69) is 38.8 Å². The fourth-order valence-corrected chi connectivity index (χ4v) is 4.19. The Bertz CT molecular complexity index is 756. The van der Waals surface area contributed by atoms with Crippen LogP contribution in [0.1, 0.15) is 6.92 Å². The van der Waals surface area contributed by atoms with Crippen LogP contribution in [0.3, 0.4) is 0 Å². The monoisotopic (exact) mass is 346 g/mol. The molecule has 0 spiro atoms. The minimum Gasteiger partial charge on any atom is -0.359 e. The molecule has 4 heterocycles. The third-order valence-corrected chi connectivity index (χ3v) is 5.73. The Labute approximate surface area is 145 Å². The highest BCUT2D eigenvalue weighted by Crippen LogP contribution is 2.34. The van der Waals surface area contributed by atoms with E-state index in [0.717, 1.165) is 54.7 Å². The Balaban J connectivity index is 1.65. The van der Waals surface area contributed by atoms with Crippen molar-refractivity contribution < 1.29 is 4.79 Å². The summed E-state index contributed by atoms with van der Waals surface area (Å²) in [6.07, 6.45) is 0. The second kappa shape index (κ2) is 6.18. The van der Waals surface area contributed by atoms with E-state index in [1.807, 2.05) is 0 Å². The number of rotatable bonds is 3. The van der Waals surface area contributed by atoms with E-state index in [1.165, 1.54) is 0 Å². The van der Waals surface area contributed by atoms with Crippen LogP contribution in [0.15, 0.2) is 11.4 Å². The van der Waals surface area contributed by atoms with Crippen LogP contribution >= 0.6 is 11.3 Å². The van der Waals surface area contributed by atoms with Crippen molar-refractivity contribution in [3.8, 4) is 0 Å². The van der Waals surface area contributed by atoms with Gasteiger partial charge in [-0.15, -0.1) is 11.3 Å². The van der Waals surface area contributed by atoms with Gasteiger partial charge in [0.2, 0.25) is 11.9 Å². The van der Waals surface area contributed by atoms with Crippen LogP contribution in [0.5, 0.6) is 0 Å². The van der Waals surface area contributed by atoms with E-state index in [9.17, 15) is 4.79 Å². The molecule has 0 saturated carbocycles. The number of fused-ring (bicyclic) bond motifs is 1. The number of piperazine rings is 1. The highest BCUT2D eigenvalue weighted by Gasteiger charge is 2.35. The Hall–Kier alpha value is -1.93. The molecule has 2 aromatic rings. The van der Waals surface area contributed by atoms with Gasteiger partial charge in [0.25, 0.3) is 0 Å². The Morgan fingerprint density at radius 2 is 2.25 bits per heavy atom. The lowest BCUT2D eigenvalue weighted by atomic mass is 9.99. The number of hydrogen-bond donors (Lipinski definition) is 2. The van der Waals surface area contributed by atoms with Crippen molar-refractivity contribution in [2.24, 2.45) is 5.92 Å². The predicted octanol–water partition coefficient (Wildman–Crippen LogP) is 0.672. The molecule has 7 nitrogen and oxygen atoms in total. The van der Waals surface area contributed by atoms with Crippen molar-refractivity contribution in [2.75, 3.05) is 49.6 Å². The fourth-order valence-electron chi connectivity index (χ4n) is 3.34. The zero-order valence-corrected chi connectivity index (χ0v) is 14.8. The van der Waals surface area contributed by atoms with Crippen LogP contribution in [0.4, 0.5) is 11.8 Å². The first kappa shape index (κ1) is 15.6. The summed E-state index contributed by atoms with van der Waals surface area (Å²) in [5, 5.41) is 8.19. The van der Waals surface area contributed by atoms with E-state index in [-0.39, 0.29) is 11.8 Å². The average Bonchev–Trinajstić information content (AvgIpc) is 3.02. The summed E-state index contributed by atoms with van der Waals surface area (Å²) in [7, 11) is 1.69. The van der Waals surface area contributed by atoms with Gasteiger partial charge in [0.15, 0.2) is 5.82 Å². The van der Waals surface area contributed by atoms with E-state index in [4.69, 9.17) is 9.97 Å². The van der Waals surface area contributed by atoms with Crippen molar-refractivity contribution in [3.05, 3.63) is 11.4 Å². The third kappa shape index (κ3) is 2.59. The molecule has 2 N–H and O–H groups in total. The van der Waals surface area contributed by atoms with E-state index in [1.54, 1.807) is 18.4 Å². The second-order valence-electron chi connectivity index (χ2n) is 6.44. The molecule has 2 aromatic heterocycles. The van der Waals surface area contributed by atoms with Crippen molar-refractivity contribution in [1.29, 1.82) is 0 Å². The summed E-state index contributed by atoms with van der Waals surface area (Å²) in [5.74, 6) is 1.93. The minimum atomic E-state index is 0.0570. The van der Waals surface area contributed by atoms with E-state index in [0.29, 0.717) is 6.04 Å². The largest absolute Gasteiger partial charge is 0.359 e. The molecule has 0 radical (unpaired) electrons. The molecule has 1 atom stereocenters. The summed E-state index contributed by atoms with van der Waals surface area (Å²) in [4.78, 5) is 25.9. The summed E-state index contributed by atoms with van der Waals surface area (Å²) in [6.45, 7) is 6.45. The Morgan fingerprint density at radius 1 is 1.42 bits per heavy atom. The quantitative estimate of drug-likeness (QED) is 0.851. The predicted molar refractivity (Wildman–Crippen MR) is 96.9 cm³/mol. The maximum Gasteiger partial charge on any atom is 0.228 e. The number of nitrogens with one attached hydrogen (secondary N) is 2. The highest BCUT2D eigenvalue weighted by molar-refractivity contribution is 7.17. The lowest BCUT2D eigenvalue weighted by Gasteiger charge is -2.40. The smallest absolute Gasteiger partial charge is 0.228 e. The summed E-state index contributed by atoms with van der Waals surface area (Å²) >= 11 is 1.66. The molecule has 0 aromatic carbocycles. The molecule has 0 bridgehead atoms. The van der Waals surface area contributed by atoms with E-state index < -0.39 is 0 Å². The lowest BCUT2D eigenvalue weighted by Crippen LogP contribution is -2.54. The first-order chi connectivity index (χ1) is 11.7. The molecule has 128 valence electrons. The van der Waals surface area contributed by atoms with Crippen molar-refractivity contribution in [3.63, 3.8) is 0 Å². The molecule has 2 saturated heterocycles. The molecule has 1 amide bonds. The van der Waals surface area contributed by atoms with Crippen LogP contribution in [0.25, 0.3) is 10.2 Å². The number of amides is 1. The van der Waals surface area contributed by atoms with Crippen LogP contribution in [0.2, 0.25) is 0 Å². The standard InChI is InChI=1S/C16H22N6OS/c1-10-7-18-4-5-22(10)16-19-12-3-6-24-13(12)14(20-16)21-8-11(9-21)15(23)17-2/h3,6,10-11,18H,4-5,7-9H2,1-2H3,(H,17,23). The number of aromatic nitrogens is 2. The topological polar surface area (TPSA) is 73.4 Å². The van der Waals surface area contributed by atoms with Gasteiger partial charge in [-0.1, -0.05) is 0 Å². The zero-order chi connectivity index (χ0) is 16.7. The SMILES string of the molecule is CNC(=O)C1CN(c2nc(N3CCNCC3C)nc3ccsc23)C1. The van der Waals surface area contributed by atoms with Crippen LogP contribution in [-0.2, 0) is 4.79 Å². The van der Waals surface area contributed by atoms with Gasteiger partial charge in [-0.2, -0.15) is 4.98 Å². The summed E-state index contributed by atoms with van der Waals surface area (Å²) < 4.78 is 1.11. The second-order valence-corrected chi connectivity index (χ2v) is 7.36. The first-order valence-corrected chi connectivity index (χ1v) is 9.24. The summed E-state index contributed by atoms with van der Waals surface area (Å²) in [5.41, 5.74) is 0.995. The maximum absolute atomic E-state index is 11.8. The number of nitrogens with zero attached hydrogens (tertiary/aromatic N) is 4. The molecule has 2 fully saturated rings. The molecule has 24 heavy (non-hydrogen) atoms. The van der Waals surface area contributed by atoms with Gasteiger partial charge >= 0.3 is 0 Å². The summed E-state index contributed by atoms with van der Waals surface area (Å²) in [6, 6.07) is 2.43. The number of thiophene rings is 1. The molecule has 8 heteroatoms. The molecule has 4 rings (SSSR count).